The highest BCUT2D eigenvalue weighted by Crippen LogP contribution is 2.15. The lowest BCUT2D eigenvalue weighted by atomic mass is 10.0. The molecule has 1 unspecified atom stereocenters. The molecule has 2 heterocycles. The molecule has 5 heteroatoms. The molecule has 2 aliphatic rings. The van der Waals surface area contributed by atoms with E-state index in [9.17, 15) is 4.79 Å². The lowest BCUT2D eigenvalue weighted by Crippen LogP contribution is -2.53. The smallest absolute Gasteiger partial charge is 0.228 e. The first-order valence-electron chi connectivity index (χ1n) is 5.92. The van der Waals surface area contributed by atoms with Gasteiger partial charge in [0, 0.05) is 32.8 Å². The van der Waals surface area contributed by atoms with E-state index < -0.39 is 0 Å². The van der Waals surface area contributed by atoms with Crippen LogP contribution in [0, 0.1) is 5.92 Å². The molecule has 1 amide bonds. The molecule has 0 aromatic carbocycles. The van der Waals surface area contributed by atoms with E-state index in [1.165, 1.54) is 0 Å². The normalized spacial score (nSPS) is 24.7. The highest BCUT2D eigenvalue weighted by Gasteiger charge is 2.30. The van der Waals surface area contributed by atoms with Gasteiger partial charge in [0.05, 0.1) is 12.0 Å². The van der Waals surface area contributed by atoms with Gasteiger partial charge in [-0.25, -0.2) is 0 Å². The van der Waals surface area contributed by atoms with Gasteiger partial charge in [0.2, 0.25) is 5.91 Å². The van der Waals surface area contributed by atoms with Gasteiger partial charge in [-0.1, -0.05) is 0 Å². The molecule has 0 spiro atoms. The first-order chi connectivity index (χ1) is 7.31. The van der Waals surface area contributed by atoms with Crippen LogP contribution >= 0.6 is 12.4 Å². The van der Waals surface area contributed by atoms with E-state index in [0.29, 0.717) is 5.91 Å². The third kappa shape index (κ3) is 3.09. The predicted molar refractivity (Wildman–Crippen MR) is 64.8 cm³/mol. The zero-order valence-electron chi connectivity index (χ0n) is 9.78. The number of carbonyl (C=O) groups excluding carboxylic acids is 1. The van der Waals surface area contributed by atoms with Crippen LogP contribution in [0.3, 0.4) is 0 Å². The number of likely N-dealkylation sites (N-methyl/N-ethyl adjacent to an activating group) is 1. The number of nitrogens with one attached hydrogen (secondary N) is 1. The summed E-state index contributed by atoms with van der Waals surface area (Å²) in [5.41, 5.74) is 0. The molecule has 0 radical (unpaired) electrons. The van der Waals surface area contributed by atoms with Crippen molar-refractivity contribution in [3.05, 3.63) is 0 Å². The maximum atomic E-state index is 12.0. The molecule has 0 aliphatic carbocycles. The SMILES string of the molecule is CCN(CC1CCCO1)C(=O)C1CNC1.Cl. The summed E-state index contributed by atoms with van der Waals surface area (Å²) in [7, 11) is 0. The van der Waals surface area contributed by atoms with Crippen LogP contribution in [0.5, 0.6) is 0 Å². The van der Waals surface area contributed by atoms with Crippen LogP contribution in [-0.4, -0.2) is 49.7 Å². The van der Waals surface area contributed by atoms with Gasteiger partial charge in [-0.05, 0) is 19.8 Å². The molecular weight excluding hydrogens is 228 g/mol. The number of hydrogen-bond acceptors (Lipinski definition) is 3. The fourth-order valence-electron chi connectivity index (χ4n) is 2.13. The summed E-state index contributed by atoms with van der Waals surface area (Å²) in [5, 5.41) is 3.14. The standard InChI is InChI=1S/C11H20N2O2.ClH/c1-2-13(8-10-4-3-5-15-10)11(14)9-6-12-7-9;/h9-10,12H,2-8H2,1H3;1H. The number of hydrogen-bond donors (Lipinski definition) is 1. The van der Waals surface area contributed by atoms with Crippen molar-refractivity contribution in [3.63, 3.8) is 0 Å². The molecule has 1 atom stereocenters. The summed E-state index contributed by atoms with van der Waals surface area (Å²) < 4.78 is 5.56. The van der Waals surface area contributed by atoms with Gasteiger partial charge in [0.15, 0.2) is 0 Å². The summed E-state index contributed by atoms with van der Waals surface area (Å²) in [4.78, 5) is 13.9. The van der Waals surface area contributed by atoms with Crippen molar-refractivity contribution in [2.24, 2.45) is 5.92 Å². The van der Waals surface area contributed by atoms with Gasteiger partial charge in [-0.3, -0.25) is 4.79 Å². The Morgan fingerprint density at radius 3 is 2.69 bits per heavy atom. The van der Waals surface area contributed by atoms with E-state index in [-0.39, 0.29) is 24.4 Å². The Balaban J connectivity index is 0.00000128. The minimum atomic E-state index is 0. The molecule has 4 nitrogen and oxygen atoms in total. The largest absolute Gasteiger partial charge is 0.376 e. The van der Waals surface area contributed by atoms with Crippen LogP contribution in [0.4, 0.5) is 0 Å². The van der Waals surface area contributed by atoms with E-state index in [0.717, 1.165) is 45.6 Å². The second-order valence-corrected chi connectivity index (χ2v) is 4.37. The van der Waals surface area contributed by atoms with E-state index in [2.05, 4.69) is 5.32 Å². The van der Waals surface area contributed by atoms with Crippen LogP contribution in [0.25, 0.3) is 0 Å². The van der Waals surface area contributed by atoms with E-state index in [1.807, 2.05) is 11.8 Å². The van der Waals surface area contributed by atoms with Gasteiger partial charge in [-0.2, -0.15) is 0 Å². The Kier molecular flexibility index (Phi) is 5.52. The highest BCUT2D eigenvalue weighted by atomic mass is 35.5. The monoisotopic (exact) mass is 248 g/mol. The number of amides is 1. The average molecular weight is 249 g/mol. The molecule has 2 aliphatic heterocycles. The van der Waals surface area contributed by atoms with Gasteiger partial charge < -0.3 is 15.0 Å². The quantitative estimate of drug-likeness (QED) is 0.795. The minimum Gasteiger partial charge on any atom is -0.376 e. The third-order valence-corrected chi connectivity index (χ3v) is 3.27. The molecule has 1 N–H and O–H groups in total. The van der Waals surface area contributed by atoms with Gasteiger partial charge >= 0.3 is 0 Å². The number of rotatable bonds is 4. The van der Waals surface area contributed by atoms with Crippen molar-refractivity contribution >= 4 is 18.3 Å². The molecule has 2 rings (SSSR count). The van der Waals surface area contributed by atoms with Gasteiger partial charge in [0.25, 0.3) is 0 Å². The molecule has 2 fully saturated rings. The van der Waals surface area contributed by atoms with Crippen LogP contribution in [-0.2, 0) is 9.53 Å². The Morgan fingerprint density at radius 1 is 1.50 bits per heavy atom. The van der Waals surface area contributed by atoms with Crippen molar-refractivity contribution in [1.29, 1.82) is 0 Å². The Hall–Kier alpha value is -0.320. The van der Waals surface area contributed by atoms with Crippen molar-refractivity contribution < 1.29 is 9.53 Å². The molecule has 94 valence electrons. The lowest BCUT2D eigenvalue weighted by Gasteiger charge is -2.33. The summed E-state index contributed by atoms with van der Waals surface area (Å²) in [5.74, 6) is 0.512. The van der Waals surface area contributed by atoms with Crippen molar-refractivity contribution in [1.82, 2.24) is 10.2 Å². The summed E-state index contributed by atoms with van der Waals surface area (Å²) in [6.07, 6.45) is 2.52. The second-order valence-electron chi connectivity index (χ2n) is 4.37. The van der Waals surface area contributed by atoms with E-state index in [4.69, 9.17) is 4.74 Å². The molecular formula is C11H21ClN2O2. The Morgan fingerprint density at radius 2 is 2.25 bits per heavy atom. The van der Waals surface area contributed by atoms with Crippen LogP contribution in [0.2, 0.25) is 0 Å². The first-order valence-corrected chi connectivity index (χ1v) is 5.92. The number of ether oxygens (including phenoxy) is 1. The second kappa shape index (κ2) is 6.42. The maximum absolute atomic E-state index is 12.0. The maximum Gasteiger partial charge on any atom is 0.228 e. The van der Waals surface area contributed by atoms with Crippen molar-refractivity contribution in [2.45, 2.75) is 25.9 Å². The topological polar surface area (TPSA) is 41.6 Å². The molecule has 0 saturated carbocycles. The Labute approximate surface area is 103 Å². The van der Waals surface area contributed by atoms with Crippen LogP contribution in [0.1, 0.15) is 19.8 Å². The van der Waals surface area contributed by atoms with E-state index >= 15 is 0 Å². The molecule has 0 bridgehead atoms. The Bertz CT molecular complexity index is 228. The van der Waals surface area contributed by atoms with Gasteiger partial charge in [0.1, 0.15) is 0 Å². The molecule has 2 saturated heterocycles. The van der Waals surface area contributed by atoms with Crippen LogP contribution in [0.15, 0.2) is 0 Å². The zero-order chi connectivity index (χ0) is 10.7. The lowest BCUT2D eigenvalue weighted by molar-refractivity contribution is -0.138. The van der Waals surface area contributed by atoms with Crippen LogP contribution < -0.4 is 5.32 Å². The molecule has 16 heavy (non-hydrogen) atoms. The third-order valence-electron chi connectivity index (χ3n) is 3.27. The fraction of sp³-hybridized carbons (Fsp3) is 0.909. The number of nitrogens with zero attached hydrogens (tertiary/aromatic N) is 1. The molecule has 0 aromatic rings. The van der Waals surface area contributed by atoms with Crippen molar-refractivity contribution in [2.75, 3.05) is 32.8 Å². The van der Waals surface area contributed by atoms with E-state index in [1.54, 1.807) is 0 Å². The highest BCUT2D eigenvalue weighted by molar-refractivity contribution is 5.85. The summed E-state index contributed by atoms with van der Waals surface area (Å²) in [6.45, 7) is 6.18. The summed E-state index contributed by atoms with van der Waals surface area (Å²) >= 11 is 0. The summed E-state index contributed by atoms with van der Waals surface area (Å²) in [6, 6.07) is 0. The predicted octanol–water partition coefficient (Wildman–Crippen LogP) is 0.655. The zero-order valence-corrected chi connectivity index (χ0v) is 10.6. The number of halogens is 1. The van der Waals surface area contributed by atoms with Gasteiger partial charge in [-0.15, -0.1) is 12.4 Å². The number of carbonyl (C=O) groups is 1. The fourth-order valence-corrected chi connectivity index (χ4v) is 2.13. The molecule has 0 aromatic heterocycles. The average Bonchev–Trinajstić information content (AvgIpc) is 2.63. The first kappa shape index (κ1) is 13.7. The minimum absolute atomic E-state index is 0. The van der Waals surface area contributed by atoms with Crippen molar-refractivity contribution in [3.8, 4) is 0 Å².